The monoisotopic (exact) mass is 349 g/mol. The maximum atomic E-state index is 12.3. The molecule has 4 amide bonds. The van der Waals surface area contributed by atoms with Crippen molar-refractivity contribution in [3.05, 3.63) is 29.8 Å². The molecule has 0 radical (unpaired) electrons. The number of rotatable bonds is 6. The number of benzene rings is 1. The van der Waals surface area contributed by atoms with Crippen molar-refractivity contribution < 1.29 is 28.7 Å². The van der Waals surface area contributed by atoms with Gasteiger partial charge in [-0.1, -0.05) is 0 Å². The van der Waals surface area contributed by atoms with E-state index in [1.54, 1.807) is 0 Å². The van der Waals surface area contributed by atoms with Crippen molar-refractivity contribution >= 4 is 29.5 Å². The number of hydrogen-bond acceptors (Lipinski definition) is 6. The number of carbonyl (C=O) groups excluding carboxylic acids is 4. The summed E-state index contributed by atoms with van der Waals surface area (Å²) in [4.78, 5) is 48.5. The maximum Gasteiger partial charge on any atom is 0.337 e. The molecule has 1 aliphatic rings. The normalized spacial score (nSPS) is 19.6. The number of nitrogens with one attached hydrogen (secondary N) is 2. The van der Waals surface area contributed by atoms with Crippen LogP contribution in [-0.4, -0.2) is 61.6 Å². The zero-order valence-corrected chi connectivity index (χ0v) is 14.1. The molecule has 9 heteroatoms. The van der Waals surface area contributed by atoms with E-state index < -0.39 is 35.9 Å². The minimum atomic E-state index is -1.19. The average molecular weight is 349 g/mol. The lowest BCUT2D eigenvalue weighted by atomic mass is 10.0. The molecule has 1 aromatic carbocycles. The SMILES string of the molecule is COC[C@]1(C)NC(=O)N(CC(=O)Nc2ccc(C(=O)OC)cc2)C1=O. The van der Waals surface area contributed by atoms with Gasteiger partial charge in [-0.25, -0.2) is 9.59 Å². The van der Waals surface area contributed by atoms with E-state index in [0.717, 1.165) is 4.90 Å². The number of nitrogens with zero attached hydrogens (tertiary/aromatic N) is 1. The number of methoxy groups -OCH3 is 2. The van der Waals surface area contributed by atoms with Crippen LogP contribution in [0.4, 0.5) is 10.5 Å². The Hall–Kier alpha value is -2.94. The van der Waals surface area contributed by atoms with Crippen LogP contribution in [0.5, 0.6) is 0 Å². The zero-order chi connectivity index (χ0) is 18.6. The van der Waals surface area contributed by atoms with Crippen molar-refractivity contribution in [3.8, 4) is 0 Å². The van der Waals surface area contributed by atoms with Crippen LogP contribution in [0.25, 0.3) is 0 Å². The minimum absolute atomic E-state index is 0.00465. The summed E-state index contributed by atoms with van der Waals surface area (Å²) in [5.41, 5.74) is -0.428. The topological polar surface area (TPSA) is 114 Å². The van der Waals surface area contributed by atoms with E-state index in [2.05, 4.69) is 15.4 Å². The summed E-state index contributed by atoms with van der Waals surface area (Å²) < 4.78 is 9.52. The van der Waals surface area contributed by atoms with Gasteiger partial charge in [0.1, 0.15) is 12.1 Å². The Labute approximate surface area is 144 Å². The van der Waals surface area contributed by atoms with Gasteiger partial charge in [-0.3, -0.25) is 14.5 Å². The van der Waals surface area contributed by atoms with Crippen molar-refractivity contribution in [1.29, 1.82) is 0 Å². The fourth-order valence-electron chi connectivity index (χ4n) is 2.43. The first-order chi connectivity index (χ1) is 11.8. The Kier molecular flexibility index (Phi) is 5.38. The van der Waals surface area contributed by atoms with E-state index in [0.29, 0.717) is 11.3 Å². The number of ether oxygens (including phenoxy) is 2. The molecule has 134 valence electrons. The Morgan fingerprint density at radius 3 is 2.40 bits per heavy atom. The van der Waals surface area contributed by atoms with Gasteiger partial charge in [0.25, 0.3) is 5.91 Å². The van der Waals surface area contributed by atoms with Crippen molar-refractivity contribution in [3.63, 3.8) is 0 Å². The highest BCUT2D eigenvalue weighted by molar-refractivity contribution is 6.10. The molecular formula is C16H19N3O6. The standard InChI is InChI=1S/C16H19N3O6/c1-16(9-24-2)14(22)19(15(23)18-16)8-12(20)17-11-6-4-10(5-7-11)13(21)25-3/h4-7H,8-9H2,1-3H3,(H,17,20)(H,18,23)/t16-/m0/s1. The molecular weight excluding hydrogens is 330 g/mol. The van der Waals surface area contributed by atoms with Gasteiger partial charge in [-0.2, -0.15) is 0 Å². The summed E-state index contributed by atoms with van der Waals surface area (Å²) >= 11 is 0. The van der Waals surface area contributed by atoms with E-state index in [9.17, 15) is 19.2 Å². The van der Waals surface area contributed by atoms with Gasteiger partial charge < -0.3 is 20.1 Å². The summed E-state index contributed by atoms with van der Waals surface area (Å²) in [6, 6.07) is 5.37. The lowest BCUT2D eigenvalue weighted by molar-refractivity contribution is -0.134. The van der Waals surface area contributed by atoms with Crippen LogP contribution in [0.3, 0.4) is 0 Å². The van der Waals surface area contributed by atoms with Gasteiger partial charge >= 0.3 is 12.0 Å². The van der Waals surface area contributed by atoms with E-state index in [1.807, 2.05) is 0 Å². The van der Waals surface area contributed by atoms with E-state index in [-0.39, 0.29) is 6.61 Å². The molecule has 0 bridgehead atoms. The number of hydrogen-bond donors (Lipinski definition) is 2. The molecule has 0 saturated carbocycles. The van der Waals surface area contributed by atoms with Crippen LogP contribution >= 0.6 is 0 Å². The average Bonchev–Trinajstić information content (AvgIpc) is 2.78. The Balaban J connectivity index is 1.99. The summed E-state index contributed by atoms with van der Waals surface area (Å²) in [5, 5.41) is 5.06. The molecule has 0 aromatic heterocycles. The fourth-order valence-corrected chi connectivity index (χ4v) is 2.43. The third-order valence-corrected chi connectivity index (χ3v) is 3.67. The summed E-state index contributed by atoms with van der Waals surface area (Å²) in [6.45, 7) is 1.10. The second-order valence-corrected chi connectivity index (χ2v) is 5.70. The molecule has 2 rings (SSSR count). The number of amides is 4. The van der Waals surface area contributed by atoms with Gasteiger partial charge in [0, 0.05) is 12.8 Å². The highest BCUT2D eigenvalue weighted by atomic mass is 16.5. The van der Waals surface area contributed by atoms with Crippen molar-refractivity contribution in [2.45, 2.75) is 12.5 Å². The lowest BCUT2D eigenvalue weighted by Gasteiger charge is -2.20. The molecule has 0 spiro atoms. The third-order valence-electron chi connectivity index (χ3n) is 3.67. The van der Waals surface area contributed by atoms with Gasteiger partial charge in [0.15, 0.2) is 0 Å². The molecule has 25 heavy (non-hydrogen) atoms. The number of imide groups is 1. The Morgan fingerprint density at radius 2 is 1.84 bits per heavy atom. The van der Waals surface area contributed by atoms with E-state index in [4.69, 9.17) is 4.74 Å². The third kappa shape index (κ3) is 3.94. The fraction of sp³-hybridized carbons (Fsp3) is 0.375. The second kappa shape index (κ2) is 7.31. The number of anilines is 1. The predicted octanol–water partition coefficient (Wildman–Crippen LogP) is 0.369. The summed E-state index contributed by atoms with van der Waals surface area (Å²) in [6.07, 6.45) is 0. The molecule has 1 heterocycles. The predicted molar refractivity (Wildman–Crippen MR) is 86.9 cm³/mol. The number of urea groups is 1. The summed E-state index contributed by atoms with van der Waals surface area (Å²) in [5.74, 6) is -1.57. The molecule has 1 fully saturated rings. The number of esters is 1. The zero-order valence-electron chi connectivity index (χ0n) is 14.1. The first kappa shape index (κ1) is 18.4. The molecule has 2 N–H and O–H groups in total. The molecule has 1 aliphatic heterocycles. The first-order valence-electron chi connectivity index (χ1n) is 7.42. The van der Waals surface area contributed by atoms with Crippen LogP contribution in [0.15, 0.2) is 24.3 Å². The highest BCUT2D eigenvalue weighted by Gasteiger charge is 2.48. The molecule has 0 unspecified atom stereocenters. The van der Waals surface area contributed by atoms with Crippen LogP contribution < -0.4 is 10.6 Å². The molecule has 1 atom stereocenters. The Bertz CT molecular complexity index is 702. The second-order valence-electron chi connectivity index (χ2n) is 5.70. The molecule has 1 saturated heterocycles. The van der Waals surface area contributed by atoms with Crippen LogP contribution in [-0.2, 0) is 19.1 Å². The summed E-state index contributed by atoms with van der Waals surface area (Å²) in [7, 11) is 2.69. The van der Waals surface area contributed by atoms with Crippen molar-refractivity contribution in [2.24, 2.45) is 0 Å². The molecule has 0 aliphatic carbocycles. The van der Waals surface area contributed by atoms with Gasteiger partial charge in [0.2, 0.25) is 5.91 Å². The smallest absolute Gasteiger partial charge is 0.337 e. The quantitative estimate of drug-likeness (QED) is 0.566. The highest BCUT2D eigenvalue weighted by Crippen LogP contribution is 2.18. The van der Waals surface area contributed by atoms with E-state index >= 15 is 0 Å². The lowest BCUT2D eigenvalue weighted by Crippen LogP contribution is -2.48. The largest absolute Gasteiger partial charge is 0.465 e. The van der Waals surface area contributed by atoms with E-state index in [1.165, 1.54) is 45.4 Å². The van der Waals surface area contributed by atoms with Crippen LogP contribution in [0.2, 0.25) is 0 Å². The van der Waals surface area contributed by atoms with Gasteiger partial charge in [-0.05, 0) is 31.2 Å². The maximum absolute atomic E-state index is 12.3. The van der Waals surface area contributed by atoms with Crippen molar-refractivity contribution in [1.82, 2.24) is 10.2 Å². The first-order valence-corrected chi connectivity index (χ1v) is 7.42. The van der Waals surface area contributed by atoms with Gasteiger partial charge in [-0.15, -0.1) is 0 Å². The molecule has 9 nitrogen and oxygen atoms in total. The van der Waals surface area contributed by atoms with Crippen LogP contribution in [0.1, 0.15) is 17.3 Å². The van der Waals surface area contributed by atoms with Crippen LogP contribution in [0, 0.1) is 0 Å². The van der Waals surface area contributed by atoms with Crippen molar-refractivity contribution in [2.75, 3.05) is 32.7 Å². The Morgan fingerprint density at radius 1 is 1.20 bits per heavy atom. The van der Waals surface area contributed by atoms with Gasteiger partial charge in [0.05, 0.1) is 19.3 Å². The number of carbonyl (C=O) groups is 4. The minimum Gasteiger partial charge on any atom is -0.465 e. The molecule has 1 aromatic rings.